The zero-order valence-electron chi connectivity index (χ0n) is 28.0. The molecule has 11 nitrogen and oxygen atoms in total. The number of rotatable bonds is 10. The third-order valence-corrected chi connectivity index (χ3v) is 11.0. The Morgan fingerprint density at radius 1 is 1.11 bits per heavy atom. The number of hydrogen-bond donors (Lipinski definition) is 3. The van der Waals surface area contributed by atoms with E-state index in [0.29, 0.717) is 5.76 Å². The van der Waals surface area contributed by atoms with E-state index < -0.39 is 18.1 Å². The lowest BCUT2D eigenvalue weighted by Crippen LogP contribution is -2.49. The number of amides is 2. The molecule has 3 fully saturated rings. The van der Waals surface area contributed by atoms with E-state index in [2.05, 4.69) is 30.6 Å². The van der Waals surface area contributed by atoms with Gasteiger partial charge in [-0.3, -0.25) is 14.5 Å². The fourth-order valence-corrected chi connectivity index (χ4v) is 8.09. The van der Waals surface area contributed by atoms with Crippen molar-refractivity contribution in [1.29, 1.82) is 0 Å². The molecule has 1 aromatic carbocycles. The van der Waals surface area contributed by atoms with Crippen LogP contribution in [0, 0.1) is 18.8 Å². The molecule has 3 N–H and O–H groups in total. The van der Waals surface area contributed by atoms with Crippen molar-refractivity contribution >= 4 is 29.0 Å². The van der Waals surface area contributed by atoms with E-state index in [0.717, 1.165) is 79.2 Å². The van der Waals surface area contributed by atoms with Crippen LogP contribution in [0.1, 0.15) is 69.0 Å². The normalized spacial score (nSPS) is 22.5. The maximum atomic E-state index is 14.1. The number of carbonyl (C=O) groups excluding carboxylic acids is 2. The number of aromatic nitrogens is 2. The molecule has 0 bridgehead atoms. The molecule has 6 rings (SSSR count). The Morgan fingerprint density at radius 2 is 1.83 bits per heavy atom. The van der Waals surface area contributed by atoms with Gasteiger partial charge in [0.25, 0.3) is 0 Å². The number of aliphatic hydroxyl groups is 1. The summed E-state index contributed by atoms with van der Waals surface area (Å²) in [5, 5.41) is 21.5. The maximum absolute atomic E-state index is 14.1. The topological polar surface area (TPSA) is 127 Å². The van der Waals surface area contributed by atoms with Crippen LogP contribution in [0.5, 0.6) is 0 Å². The SMILES string of the molecule is Cc1ncsc1-c1ccc([C@H](C)NC(=O)[C@@H]2C[C@@H](O)CN2C(=O)[C@H](c2cc(N3CCN(CC4CCNCC4)CC3)no2)C(C)C)cc1. The van der Waals surface area contributed by atoms with Crippen molar-refractivity contribution in [3.63, 3.8) is 0 Å². The standard InChI is InChI=1S/C35H49N7O4S/c1-22(2)32(30-18-31(39-46-30)41-15-13-40(14-16-41)19-25-9-11-36-12-10-25)35(45)42-20-28(43)17-29(42)34(44)38-23(3)26-5-7-27(8-6-26)33-24(4)37-21-47-33/h5-8,18,21-23,25,28-29,32,36,43H,9-17,19-20H2,1-4H3,(H,38,44)/t23-,28+,29-,32-/m0/s1. The summed E-state index contributed by atoms with van der Waals surface area (Å²) < 4.78 is 5.83. The van der Waals surface area contributed by atoms with Gasteiger partial charge in [-0.1, -0.05) is 43.3 Å². The molecule has 3 aliphatic rings. The van der Waals surface area contributed by atoms with Crippen molar-refractivity contribution in [2.24, 2.45) is 11.8 Å². The summed E-state index contributed by atoms with van der Waals surface area (Å²) in [7, 11) is 0. The van der Waals surface area contributed by atoms with Gasteiger partial charge in [-0.05, 0) is 62.7 Å². The minimum atomic E-state index is -0.772. The Hall–Kier alpha value is -3.32. The Kier molecular flexibility index (Phi) is 10.6. The number of piperazine rings is 1. The molecular formula is C35H49N7O4S. The average molecular weight is 664 g/mol. The number of nitrogens with one attached hydrogen (secondary N) is 2. The van der Waals surface area contributed by atoms with Crippen molar-refractivity contribution in [2.45, 2.75) is 71.1 Å². The Labute approximate surface area is 281 Å². The van der Waals surface area contributed by atoms with Crippen LogP contribution in [0.25, 0.3) is 10.4 Å². The average Bonchev–Trinajstić information content (AvgIpc) is 3.82. The summed E-state index contributed by atoms with van der Waals surface area (Å²) in [5.74, 6) is 0.826. The van der Waals surface area contributed by atoms with Crippen molar-refractivity contribution in [3.8, 4) is 10.4 Å². The number of hydrogen-bond acceptors (Lipinski definition) is 10. The van der Waals surface area contributed by atoms with Crippen LogP contribution in [-0.4, -0.2) is 101 Å². The quantitative estimate of drug-likeness (QED) is 0.297. The highest BCUT2D eigenvalue weighted by Gasteiger charge is 2.43. The minimum Gasteiger partial charge on any atom is -0.391 e. The summed E-state index contributed by atoms with van der Waals surface area (Å²) in [4.78, 5) is 39.5. The first-order valence-electron chi connectivity index (χ1n) is 17.1. The Morgan fingerprint density at radius 3 is 2.49 bits per heavy atom. The zero-order chi connectivity index (χ0) is 33.1. The number of β-amino-alcohol motifs (C(OH)–C–C–N with tert-alkyl or cyclic N) is 1. The van der Waals surface area contributed by atoms with E-state index in [1.54, 1.807) is 11.3 Å². The van der Waals surface area contributed by atoms with Gasteiger partial charge in [-0.15, -0.1) is 11.3 Å². The summed E-state index contributed by atoms with van der Waals surface area (Å²) in [6.07, 6.45) is 1.91. The van der Waals surface area contributed by atoms with Gasteiger partial charge in [0.2, 0.25) is 11.8 Å². The molecule has 0 unspecified atom stereocenters. The number of likely N-dealkylation sites (tertiary alicyclic amines) is 1. The van der Waals surface area contributed by atoms with Gasteiger partial charge < -0.3 is 30.1 Å². The number of anilines is 1. The summed E-state index contributed by atoms with van der Waals surface area (Å²) >= 11 is 1.61. The first kappa shape index (κ1) is 33.6. The third-order valence-electron chi connectivity index (χ3n) is 10.1. The van der Waals surface area contributed by atoms with E-state index >= 15 is 0 Å². The molecule has 12 heteroatoms. The van der Waals surface area contributed by atoms with Crippen LogP contribution in [0.3, 0.4) is 0 Å². The predicted molar refractivity (Wildman–Crippen MR) is 183 cm³/mol. The molecule has 254 valence electrons. The summed E-state index contributed by atoms with van der Waals surface area (Å²) in [6, 6.07) is 8.96. The van der Waals surface area contributed by atoms with Crippen molar-refractivity contribution in [3.05, 3.63) is 52.9 Å². The van der Waals surface area contributed by atoms with Gasteiger partial charge in [0, 0.05) is 51.8 Å². The lowest BCUT2D eigenvalue weighted by molar-refractivity contribution is -0.141. The number of piperidine rings is 1. The first-order valence-corrected chi connectivity index (χ1v) is 18.0. The highest BCUT2D eigenvalue weighted by Crippen LogP contribution is 2.33. The summed E-state index contributed by atoms with van der Waals surface area (Å²) in [5.41, 5.74) is 4.89. The van der Waals surface area contributed by atoms with Gasteiger partial charge >= 0.3 is 0 Å². The lowest BCUT2D eigenvalue weighted by Gasteiger charge is -2.37. The number of carbonyl (C=O) groups is 2. The van der Waals surface area contributed by atoms with Gasteiger partial charge in [0.15, 0.2) is 11.6 Å². The highest BCUT2D eigenvalue weighted by molar-refractivity contribution is 7.13. The molecule has 0 spiro atoms. The minimum absolute atomic E-state index is 0.0915. The number of aryl methyl sites for hydroxylation is 1. The van der Waals surface area contributed by atoms with Crippen LogP contribution >= 0.6 is 11.3 Å². The molecular weight excluding hydrogens is 614 g/mol. The van der Waals surface area contributed by atoms with Gasteiger partial charge in [-0.2, -0.15) is 0 Å². The molecule has 3 aromatic rings. The van der Waals surface area contributed by atoms with Crippen LogP contribution in [0.15, 0.2) is 40.4 Å². The van der Waals surface area contributed by atoms with Crippen molar-refractivity contribution in [2.75, 3.05) is 57.3 Å². The monoisotopic (exact) mass is 663 g/mol. The van der Waals surface area contributed by atoms with E-state index in [4.69, 9.17) is 4.52 Å². The molecule has 0 aliphatic carbocycles. The Balaban J connectivity index is 1.08. The fraction of sp³-hybridized carbons (Fsp3) is 0.600. The Bertz CT molecular complexity index is 1490. The number of thiazole rings is 1. The number of benzene rings is 1. The molecule has 0 saturated carbocycles. The molecule has 5 heterocycles. The largest absolute Gasteiger partial charge is 0.391 e. The van der Waals surface area contributed by atoms with Crippen LogP contribution in [-0.2, 0) is 9.59 Å². The molecule has 2 aromatic heterocycles. The van der Waals surface area contributed by atoms with E-state index in [1.807, 2.05) is 63.5 Å². The second-order valence-electron chi connectivity index (χ2n) is 13.8. The first-order chi connectivity index (χ1) is 22.7. The lowest BCUT2D eigenvalue weighted by atomic mass is 9.91. The second kappa shape index (κ2) is 14.8. The van der Waals surface area contributed by atoms with Gasteiger partial charge in [0.1, 0.15) is 12.0 Å². The zero-order valence-corrected chi connectivity index (χ0v) is 28.8. The predicted octanol–water partition coefficient (Wildman–Crippen LogP) is 3.81. The van der Waals surface area contributed by atoms with E-state index in [1.165, 1.54) is 17.7 Å². The van der Waals surface area contributed by atoms with E-state index in [-0.39, 0.29) is 36.7 Å². The molecule has 2 amide bonds. The van der Waals surface area contributed by atoms with Crippen LogP contribution in [0.4, 0.5) is 5.82 Å². The van der Waals surface area contributed by atoms with Crippen LogP contribution in [0.2, 0.25) is 0 Å². The van der Waals surface area contributed by atoms with Crippen molar-refractivity contribution < 1.29 is 19.2 Å². The second-order valence-corrected chi connectivity index (χ2v) is 14.7. The molecule has 3 saturated heterocycles. The molecule has 4 atom stereocenters. The third kappa shape index (κ3) is 7.72. The molecule has 3 aliphatic heterocycles. The number of aliphatic hydroxyl groups excluding tert-OH is 1. The fourth-order valence-electron chi connectivity index (χ4n) is 7.28. The van der Waals surface area contributed by atoms with E-state index in [9.17, 15) is 14.7 Å². The van der Waals surface area contributed by atoms with Crippen LogP contribution < -0.4 is 15.5 Å². The van der Waals surface area contributed by atoms with Gasteiger partial charge in [0.05, 0.1) is 28.2 Å². The smallest absolute Gasteiger partial charge is 0.243 e. The van der Waals surface area contributed by atoms with Gasteiger partial charge in [-0.25, -0.2) is 4.98 Å². The molecule has 0 radical (unpaired) electrons. The number of nitrogens with zero attached hydrogens (tertiary/aromatic N) is 5. The van der Waals surface area contributed by atoms with Crippen molar-refractivity contribution in [1.82, 2.24) is 30.6 Å². The maximum Gasteiger partial charge on any atom is 0.243 e. The summed E-state index contributed by atoms with van der Waals surface area (Å²) in [6.45, 7) is 15.1. The molecule has 47 heavy (non-hydrogen) atoms. The highest BCUT2D eigenvalue weighted by atomic mass is 32.1.